The zero-order chi connectivity index (χ0) is 7.11. The molecule has 0 aromatic carbocycles. The lowest BCUT2D eigenvalue weighted by atomic mass is 9.99. The minimum absolute atomic E-state index is 0.304. The summed E-state index contributed by atoms with van der Waals surface area (Å²) in [6.07, 6.45) is 3.10. The van der Waals surface area contributed by atoms with Gasteiger partial charge in [0.1, 0.15) is 0 Å². The van der Waals surface area contributed by atoms with Gasteiger partial charge in [0.2, 0.25) is 0 Å². The Hall–Kier alpha value is -0.0800. The molecule has 0 rings (SSSR count). The molecular weight excluding hydrogens is 114 g/mol. The molecule has 0 saturated carbocycles. The Labute approximate surface area is 57.1 Å². The van der Waals surface area contributed by atoms with Gasteiger partial charge in [-0.25, -0.2) is 0 Å². The summed E-state index contributed by atoms with van der Waals surface area (Å²) in [6, 6.07) is 0. The van der Waals surface area contributed by atoms with E-state index in [0.29, 0.717) is 12.5 Å². The Bertz CT molecular complexity index is 50.9. The smallest absolute Gasteiger partial charge is 0.0433 e. The van der Waals surface area contributed by atoms with Gasteiger partial charge in [0.25, 0.3) is 0 Å². The molecule has 0 radical (unpaired) electrons. The number of aliphatic hydroxyl groups excluding tert-OH is 1. The van der Waals surface area contributed by atoms with Gasteiger partial charge >= 0.3 is 0 Å². The van der Waals surface area contributed by atoms with E-state index in [1.807, 2.05) is 0 Å². The van der Waals surface area contributed by atoms with Crippen LogP contribution in [0.1, 0.15) is 26.2 Å². The molecule has 0 aliphatic heterocycles. The lowest BCUT2D eigenvalue weighted by molar-refractivity contribution is 0.250. The Morgan fingerprint density at radius 3 is 2.44 bits per heavy atom. The number of nitrogens with two attached hydrogens (primary N) is 1. The van der Waals surface area contributed by atoms with Crippen LogP contribution in [0, 0.1) is 5.92 Å². The average molecular weight is 131 g/mol. The first-order chi connectivity index (χ1) is 4.35. The fourth-order valence-electron chi connectivity index (χ4n) is 0.971. The normalized spacial score (nSPS) is 13.7. The van der Waals surface area contributed by atoms with Crippen LogP contribution in [-0.2, 0) is 0 Å². The SMILES string of the molecule is CCC(CCN)CCO. The first kappa shape index (κ1) is 8.92. The van der Waals surface area contributed by atoms with Gasteiger partial charge in [-0.3, -0.25) is 0 Å². The van der Waals surface area contributed by atoms with Crippen molar-refractivity contribution in [1.29, 1.82) is 0 Å². The summed E-state index contributed by atoms with van der Waals surface area (Å²) in [5, 5.41) is 8.55. The maximum absolute atomic E-state index is 8.55. The largest absolute Gasteiger partial charge is 0.396 e. The minimum atomic E-state index is 0.304. The monoisotopic (exact) mass is 131 g/mol. The van der Waals surface area contributed by atoms with Crippen molar-refractivity contribution >= 4 is 0 Å². The molecule has 0 aliphatic rings. The third kappa shape index (κ3) is 4.43. The Kier molecular flexibility index (Phi) is 5.99. The second kappa shape index (κ2) is 6.05. The zero-order valence-corrected chi connectivity index (χ0v) is 6.14. The molecule has 0 aliphatic carbocycles. The summed E-state index contributed by atoms with van der Waals surface area (Å²) in [7, 11) is 0. The summed E-state index contributed by atoms with van der Waals surface area (Å²) >= 11 is 0. The van der Waals surface area contributed by atoms with Crippen molar-refractivity contribution in [3.63, 3.8) is 0 Å². The van der Waals surface area contributed by atoms with Crippen LogP contribution in [0.25, 0.3) is 0 Å². The maximum atomic E-state index is 8.55. The highest BCUT2D eigenvalue weighted by Crippen LogP contribution is 2.10. The zero-order valence-electron chi connectivity index (χ0n) is 6.14. The van der Waals surface area contributed by atoms with Gasteiger partial charge < -0.3 is 10.8 Å². The Morgan fingerprint density at radius 1 is 1.44 bits per heavy atom. The second-order valence-electron chi connectivity index (χ2n) is 2.36. The van der Waals surface area contributed by atoms with E-state index in [1.54, 1.807) is 0 Å². The number of hydrogen-bond acceptors (Lipinski definition) is 2. The summed E-state index contributed by atoms with van der Waals surface area (Å²) in [5.41, 5.74) is 5.35. The quantitative estimate of drug-likeness (QED) is 0.578. The molecule has 2 nitrogen and oxygen atoms in total. The topological polar surface area (TPSA) is 46.2 Å². The van der Waals surface area contributed by atoms with Crippen molar-refractivity contribution in [3.8, 4) is 0 Å². The first-order valence-corrected chi connectivity index (χ1v) is 3.66. The van der Waals surface area contributed by atoms with Crippen molar-refractivity contribution in [2.24, 2.45) is 11.7 Å². The van der Waals surface area contributed by atoms with Crippen LogP contribution in [0.15, 0.2) is 0 Å². The molecule has 9 heavy (non-hydrogen) atoms. The predicted octanol–water partition coefficient (Wildman–Crippen LogP) is 0.744. The summed E-state index contributed by atoms with van der Waals surface area (Å²) in [5.74, 6) is 0.639. The van der Waals surface area contributed by atoms with Gasteiger partial charge in [0, 0.05) is 6.61 Å². The number of rotatable bonds is 5. The molecule has 0 aromatic heterocycles. The summed E-state index contributed by atoms with van der Waals surface area (Å²) in [4.78, 5) is 0. The molecule has 0 fully saturated rings. The van der Waals surface area contributed by atoms with Crippen molar-refractivity contribution in [3.05, 3.63) is 0 Å². The van der Waals surface area contributed by atoms with Crippen LogP contribution in [0.4, 0.5) is 0 Å². The van der Waals surface area contributed by atoms with E-state index in [-0.39, 0.29) is 0 Å². The molecule has 2 heteroatoms. The van der Waals surface area contributed by atoms with Crippen LogP contribution in [0.3, 0.4) is 0 Å². The van der Waals surface area contributed by atoms with Gasteiger partial charge in [0.15, 0.2) is 0 Å². The Morgan fingerprint density at radius 2 is 2.11 bits per heavy atom. The van der Waals surface area contributed by atoms with Crippen LogP contribution in [0.2, 0.25) is 0 Å². The second-order valence-corrected chi connectivity index (χ2v) is 2.36. The highest BCUT2D eigenvalue weighted by Gasteiger charge is 2.02. The van der Waals surface area contributed by atoms with Crippen LogP contribution in [0.5, 0.6) is 0 Å². The molecule has 0 saturated heterocycles. The fraction of sp³-hybridized carbons (Fsp3) is 1.00. The van der Waals surface area contributed by atoms with E-state index in [1.165, 1.54) is 0 Å². The van der Waals surface area contributed by atoms with Gasteiger partial charge in [-0.05, 0) is 25.3 Å². The molecule has 56 valence electrons. The summed E-state index contributed by atoms with van der Waals surface area (Å²) < 4.78 is 0. The van der Waals surface area contributed by atoms with E-state index in [2.05, 4.69) is 6.92 Å². The van der Waals surface area contributed by atoms with Crippen LogP contribution in [-0.4, -0.2) is 18.3 Å². The van der Waals surface area contributed by atoms with Gasteiger partial charge in [-0.2, -0.15) is 0 Å². The molecular formula is C7H17NO. The van der Waals surface area contributed by atoms with E-state index in [0.717, 1.165) is 25.8 Å². The number of hydrogen-bond donors (Lipinski definition) is 2. The molecule has 3 N–H and O–H groups in total. The van der Waals surface area contributed by atoms with E-state index in [9.17, 15) is 0 Å². The van der Waals surface area contributed by atoms with E-state index in [4.69, 9.17) is 10.8 Å². The Balaban J connectivity index is 3.18. The number of aliphatic hydroxyl groups is 1. The van der Waals surface area contributed by atoms with Crippen LogP contribution >= 0.6 is 0 Å². The van der Waals surface area contributed by atoms with Gasteiger partial charge in [-0.1, -0.05) is 13.3 Å². The lowest BCUT2D eigenvalue weighted by Crippen LogP contribution is -2.09. The third-order valence-corrected chi connectivity index (χ3v) is 1.69. The highest BCUT2D eigenvalue weighted by atomic mass is 16.3. The molecule has 0 spiro atoms. The molecule has 1 atom stereocenters. The molecule has 0 bridgehead atoms. The van der Waals surface area contributed by atoms with Gasteiger partial charge in [0.05, 0.1) is 0 Å². The molecule has 0 aromatic rings. The minimum Gasteiger partial charge on any atom is -0.396 e. The lowest BCUT2D eigenvalue weighted by Gasteiger charge is -2.10. The van der Waals surface area contributed by atoms with Crippen molar-refractivity contribution in [1.82, 2.24) is 0 Å². The van der Waals surface area contributed by atoms with Crippen molar-refractivity contribution < 1.29 is 5.11 Å². The predicted molar refractivity (Wildman–Crippen MR) is 39.2 cm³/mol. The maximum Gasteiger partial charge on any atom is 0.0433 e. The standard InChI is InChI=1S/C7H17NO/c1-2-7(3-5-8)4-6-9/h7,9H,2-6,8H2,1H3. The molecule has 1 unspecified atom stereocenters. The third-order valence-electron chi connectivity index (χ3n) is 1.69. The van der Waals surface area contributed by atoms with Crippen molar-refractivity contribution in [2.75, 3.05) is 13.2 Å². The van der Waals surface area contributed by atoms with Crippen molar-refractivity contribution in [2.45, 2.75) is 26.2 Å². The first-order valence-electron chi connectivity index (χ1n) is 3.66. The van der Waals surface area contributed by atoms with E-state index < -0.39 is 0 Å². The van der Waals surface area contributed by atoms with E-state index >= 15 is 0 Å². The molecule has 0 amide bonds. The van der Waals surface area contributed by atoms with Gasteiger partial charge in [-0.15, -0.1) is 0 Å². The van der Waals surface area contributed by atoms with Crippen LogP contribution < -0.4 is 5.73 Å². The highest BCUT2D eigenvalue weighted by molar-refractivity contribution is 4.56. The molecule has 0 heterocycles. The summed E-state index contributed by atoms with van der Waals surface area (Å²) in [6.45, 7) is 3.19. The fourth-order valence-corrected chi connectivity index (χ4v) is 0.971. The average Bonchev–Trinajstić information content (AvgIpc) is 1.88.